The Hall–Kier alpha value is -2.50. The van der Waals surface area contributed by atoms with E-state index in [0.717, 1.165) is 25.7 Å². The fourth-order valence-corrected chi connectivity index (χ4v) is 2.52. The van der Waals surface area contributed by atoms with Crippen molar-refractivity contribution in [2.75, 3.05) is 5.32 Å². The van der Waals surface area contributed by atoms with Gasteiger partial charge in [0.2, 0.25) is 0 Å². The van der Waals surface area contributed by atoms with Crippen LogP contribution in [0.2, 0.25) is 0 Å². The van der Waals surface area contributed by atoms with Crippen molar-refractivity contribution in [3.8, 4) is 0 Å². The monoisotopic (exact) mass is 300 g/mol. The molecule has 0 atom stereocenters. The van der Waals surface area contributed by atoms with E-state index in [2.05, 4.69) is 20.6 Å². The van der Waals surface area contributed by atoms with E-state index in [1.807, 2.05) is 0 Å². The first kappa shape index (κ1) is 14.4. The topological polar surface area (TPSA) is 66.9 Å². The van der Waals surface area contributed by atoms with Crippen molar-refractivity contribution in [1.29, 1.82) is 0 Å². The van der Waals surface area contributed by atoms with Crippen LogP contribution >= 0.6 is 0 Å². The molecule has 6 heteroatoms. The lowest BCUT2D eigenvalue weighted by atomic mass is 10.2. The van der Waals surface area contributed by atoms with E-state index in [1.54, 1.807) is 12.1 Å². The molecule has 1 heterocycles. The first-order valence-electron chi connectivity index (χ1n) is 7.36. The number of hydrogen-bond acceptors (Lipinski definition) is 4. The number of halogens is 1. The summed E-state index contributed by atoms with van der Waals surface area (Å²) in [5.41, 5.74) is 1.01. The highest BCUT2D eigenvalue weighted by molar-refractivity contribution is 5.92. The van der Waals surface area contributed by atoms with E-state index in [1.165, 1.54) is 24.5 Å². The van der Waals surface area contributed by atoms with Gasteiger partial charge in [0, 0.05) is 11.7 Å². The number of amides is 1. The molecule has 0 unspecified atom stereocenters. The molecule has 1 amide bonds. The fraction of sp³-hybridized carbons (Fsp3) is 0.312. The molecule has 3 rings (SSSR count). The van der Waals surface area contributed by atoms with E-state index in [9.17, 15) is 9.18 Å². The molecule has 1 aromatic carbocycles. The lowest BCUT2D eigenvalue weighted by molar-refractivity contribution is 0.0932. The predicted molar refractivity (Wildman–Crippen MR) is 81.4 cm³/mol. The number of carbonyl (C=O) groups excluding carboxylic acids is 1. The number of rotatable bonds is 4. The van der Waals surface area contributed by atoms with E-state index in [0.29, 0.717) is 17.2 Å². The molecule has 0 saturated heterocycles. The standard InChI is InChI=1S/C16H17FN4O/c17-11-5-7-13(8-6-11)20-15-10-18-14(9-19-15)16(22)21-12-3-1-2-4-12/h5-10,12H,1-4H2,(H,19,20)(H,21,22). The van der Waals surface area contributed by atoms with Crippen LogP contribution in [-0.4, -0.2) is 21.9 Å². The van der Waals surface area contributed by atoms with Crippen LogP contribution in [0.5, 0.6) is 0 Å². The third-order valence-corrected chi connectivity index (χ3v) is 3.69. The van der Waals surface area contributed by atoms with Crippen LogP contribution in [0, 0.1) is 5.82 Å². The zero-order chi connectivity index (χ0) is 15.4. The molecule has 5 nitrogen and oxygen atoms in total. The summed E-state index contributed by atoms with van der Waals surface area (Å²) in [6.45, 7) is 0. The molecule has 1 fully saturated rings. The van der Waals surface area contributed by atoms with Crippen molar-refractivity contribution in [2.45, 2.75) is 31.7 Å². The van der Waals surface area contributed by atoms with Gasteiger partial charge in [-0.05, 0) is 37.1 Å². The molecule has 22 heavy (non-hydrogen) atoms. The normalized spacial score (nSPS) is 14.8. The Labute approximate surface area is 128 Å². The Morgan fingerprint density at radius 1 is 1.09 bits per heavy atom. The van der Waals surface area contributed by atoms with Gasteiger partial charge >= 0.3 is 0 Å². The first-order valence-corrected chi connectivity index (χ1v) is 7.36. The van der Waals surface area contributed by atoms with Gasteiger partial charge in [0.1, 0.15) is 17.3 Å². The zero-order valence-electron chi connectivity index (χ0n) is 12.1. The summed E-state index contributed by atoms with van der Waals surface area (Å²) in [6, 6.07) is 6.19. The summed E-state index contributed by atoms with van der Waals surface area (Å²) < 4.78 is 12.8. The van der Waals surface area contributed by atoms with Gasteiger partial charge in [-0.2, -0.15) is 0 Å². The van der Waals surface area contributed by atoms with Gasteiger partial charge in [0.25, 0.3) is 5.91 Å². The minimum Gasteiger partial charge on any atom is -0.348 e. The second-order valence-corrected chi connectivity index (χ2v) is 5.37. The summed E-state index contributed by atoms with van der Waals surface area (Å²) in [6.07, 6.45) is 7.32. The maximum atomic E-state index is 12.8. The Kier molecular flexibility index (Phi) is 4.27. The van der Waals surface area contributed by atoms with E-state index >= 15 is 0 Å². The Morgan fingerprint density at radius 3 is 2.45 bits per heavy atom. The molecule has 2 aromatic rings. The highest BCUT2D eigenvalue weighted by Gasteiger charge is 2.18. The molecule has 0 spiro atoms. The summed E-state index contributed by atoms with van der Waals surface area (Å²) in [4.78, 5) is 20.3. The van der Waals surface area contributed by atoms with Crippen LogP contribution in [-0.2, 0) is 0 Å². The van der Waals surface area contributed by atoms with Gasteiger partial charge in [-0.1, -0.05) is 12.8 Å². The molecule has 0 radical (unpaired) electrons. The van der Waals surface area contributed by atoms with Gasteiger partial charge in [0.05, 0.1) is 12.4 Å². The Balaban J connectivity index is 1.61. The van der Waals surface area contributed by atoms with Crippen molar-refractivity contribution in [1.82, 2.24) is 15.3 Å². The average molecular weight is 300 g/mol. The average Bonchev–Trinajstić information content (AvgIpc) is 3.03. The molecule has 114 valence electrons. The van der Waals surface area contributed by atoms with Crippen LogP contribution < -0.4 is 10.6 Å². The number of nitrogens with one attached hydrogen (secondary N) is 2. The lowest BCUT2D eigenvalue weighted by Crippen LogP contribution is -2.33. The van der Waals surface area contributed by atoms with Gasteiger partial charge < -0.3 is 10.6 Å². The fourth-order valence-electron chi connectivity index (χ4n) is 2.52. The minimum absolute atomic E-state index is 0.187. The Bertz CT molecular complexity index is 636. The van der Waals surface area contributed by atoms with Crippen LogP contribution in [0.3, 0.4) is 0 Å². The lowest BCUT2D eigenvalue weighted by Gasteiger charge is -2.11. The van der Waals surface area contributed by atoms with E-state index < -0.39 is 0 Å². The number of anilines is 2. The Morgan fingerprint density at radius 2 is 1.82 bits per heavy atom. The summed E-state index contributed by atoms with van der Waals surface area (Å²) in [7, 11) is 0. The van der Waals surface area contributed by atoms with Gasteiger partial charge in [-0.3, -0.25) is 4.79 Å². The van der Waals surface area contributed by atoms with Crippen LogP contribution in [0.1, 0.15) is 36.2 Å². The van der Waals surface area contributed by atoms with Crippen LogP contribution in [0.4, 0.5) is 15.9 Å². The second-order valence-electron chi connectivity index (χ2n) is 5.37. The zero-order valence-corrected chi connectivity index (χ0v) is 12.1. The van der Waals surface area contributed by atoms with Crippen molar-refractivity contribution >= 4 is 17.4 Å². The quantitative estimate of drug-likeness (QED) is 0.911. The summed E-state index contributed by atoms with van der Waals surface area (Å²) in [5, 5.41) is 5.97. The largest absolute Gasteiger partial charge is 0.348 e. The summed E-state index contributed by atoms with van der Waals surface area (Å²) >= 11 is 0. The first-order chi connectivity index (χ1) is 10.7. The second kappa shape index (κ2) is 6.51. The van der Waals surface area contributed by atoms with Crippen molar-refractivity contribution in [3.05, 3.63) is 48.2 Å². The molecule has 0 bridgehead atoms. The van der Waals surface area contributed by atoms with Crippen molar-refractivity contribution in [2.24, 2.45) is 0 Å². The maximum absolute atomic E-state index is 12.8. The van der Waals surface area contributed by atoms with Gasteiger partial charge in [-0.25, -0.2) is 14.4 Å². The number of benzene rings is 1. The molecule has 1 aromatic heterocycles. The molecule has 0 aliphatic heterocycles. The number of nitrogens with zero attached hydrogens (tertiary/aromatic N) is 2. The highest BCUT2D eigenvalue weighted by atomic mass is 19.1. The van der Waals surface area contributed by atoms with Gasteiger partial charge in [0.15, 0.2) is 0 Å². The van der Waals surface area contributed by atoms with Crippen LogP contribution in [0.25, 0.3) is 0 Å². The van der Waals surface area contributed by atoms with E-state index in [-0.39, 0.29) is 17.8 Å². The molecule has 1 saturated carbocycles. The van der Waals surface area contributed by atoms with Crippen LogP contribution in [0.15, 0.2) is 36.7 Å². The third kappa shape index (κ3) is 3.58. The smallest absolute Gasteiger partial charge is 0.271 e. The number of aromatic nitrogens is 2. The highest BCUT2D eigenvalue weighted by Crippen LogP contribution is 2.18. The van der Waals surface area contributed by atoms with E-state index in [4.69, 9.17) is 0 Å². The maximum Gasteiger partial charge on any atom is 0.271 e. The number of hydrogen-bond donors (Lipinski definition) is 2. The van der Waals surface area contributed by atoms with Crippen molar-refractivity contribution in [3.63, 3.8) is 0 Å². The molecular formula is C16H17FN4O. The molecule has 2 N–H and O–H groups in total. The van der Waals surface area contributed by atoms with Gasteiger partial charge in [-0.15, -0.1) is 0 Å². The molecule has 1 aliphatic carbocycles. The molecule has 1 aliphatic rings. The predicted octanol–water partition coefficient (Wildman–Crippen LogP) is 3.03. The third-order valence-electron chi connectivity index (χ3n) is 3.69. The number of carbonyl (C=O) groups is 1. The minimum atomic E-state index is -0.296. The molecular weight excluding hydrogens is 283 g/mol. The van der Waals surface area contributed by atoms with Crippen molar-refractivity contribution < 1.29 is 9.18 Å². The summed E-state index contributed by atoms with van der Waals surface area (Å²) in [5.74, 6) is 0.0207. The SMILES string of the molecule is O=C(NC1CCCC1)c1cnc(Nc2ccc(F)cc2)cn1.